The number of ether oxygens (including phenoxy) is 2. The molecule has 0 fully saturated rings. The highest BCUT2D eigenvalue weighted by Crippen LogP contribution is 2.45. The van der Waals surface area contributed by atoms with Gasteiger partial charge >= 0.3 is 0 Å². The fourth-order valence-corrected chi connectivity index (χ4v) is 5.00. The highest BCUT2D eigenvalue weighted by atomic mass is 16.6. The predicted octanol–water partition coefficient (Wildman–Crippen LogP) is 6.94. The van der Waals surface area contributed by atoms with Gasteiger partial charge in [0.1, 0.15) is 24.7 Å². The van der Waals surface area contributed by atoms with Crippen LogP contribution >= 0.6 is 0 Å². The zero-order valence-corrected chi connectivity index (χ0v) is 21.9. The van der Waals surface area contributed by atoms with Gasteiger partial charge in [0.05, 0.1) is 11.0 Å². The Hall–Kier alpha value is -4.65. The summed E-state index contributed by atoms with van der Waals surface area (Å²) in [7, 11) is 0. The lowest BCUT2D eigenvalue weighted by Gasteiger charge is -2.26. The molecule has 4 aromatic carbocycles. The Kier molecular flexibility index (Phi) is 7.59. The second-order valence-corrected chi connectivity index (χ2v) is 9.95. The van der Waals surface area contributed by atoms with E-state index in [1.54, 1.807) is 17.0 Å². The van der Waals surface area contributed by atoms with Gasteiger partial charge in [-0.3, -0.25) is 14.9 Å². The van der Waals surface area contributed by atoms with Gasteiger partial charge in [0.25, 0.3) is 5.69 Å². The van der Waals surface area contributed by atoms with Crippen LogP contribution in [0.15, 0.2) is 91.0 Å². The van der Waals surface area contributed by atoms with Crippen molar-refractivity contribution in [1.29, 1.82) is 0 Å². The van der Waals surface area contributed by atoms with E-state index in [-0.39, 0.29) is 18.2 Å². The van der Waals surface area contributed by atoms with Gasteiger partial charge in [-0.15, -0.1) is 0 Å². The van der Waals surface area contributed by atoms with E-state index in [0.717, 1.165) is 45.5 Å². The van der Waals surface area contributed by atoms with E-state index in [1.165, 1.54) is 6.07 Å². The van der Waals surface area contributed by atoms with Crippen LogP contribution in [0.4, 0.5) is 5.69 Å². The molecule has 0 N–H and O–H groups in total. The van der Waals surface area contributed by atoms with E-state index in [2.05, 4.69) is 19.9 Å². The summed E-state index contributed by atoms with van der Waals surface area (Å²) in [6.45, 7) is 5.24. The molecule has 1 heterocycles. The third kappa shape index (κ3) is 5.62. The minimum Gasteiger partial charge on any atom is -0.488 e. The summed E-state index contributed by atoms with van der Waals surface area (Å²) >= 11 is 0. The van der Waals surface area contributed by atoms with Gasteiger partial charge < -0.3 is 14.4 Å². The van der Waals surface area contributed by atoms with E-state index in [1.807, 2.05) is 66.7 Å². The van der Waals surface area contributed by atoms with Crippen molar-refractivity contribution in [2.45, 2.75) is 45.6 Å². The molecular formula is C32H30N2O5. The highest BCUT2D eigenvalue weighted by molar-refractivity contribution is 5.61. The van der Waals surface area contributed by atoms with Crippen molar-refractivity contribution in [3.05, 3.63) is 134 Å². The summed E-state index contributed by atoms with van der Waals surface area (Å²) in [5.41, 5.74) is 5.50. The van der Waals surface area contributed by atoms with Crippen LogP contribution in [0, 0.1) is 10.1 Å². The lowest BCUT2D eigenvalue weighted by atomic mass is 9.92. The molecule has 0 aliphatic carbocycles. The van der Waals surface area contributed by atoms with Crippen LogP contribution in [-0.4, -0.2) is 16.2 Å². The van der Waals surface area contributed by atoms with Crippen LogP contribution < -0.4 is 9.47 Å². The Labute approximate surface area is 227 Å². The van der Waals surface area contributed by atoms with Crippen LogP contribution in [0.25, 0.3) is 0 Å². The molecule has 0 radical (unpaired) electrons. The van der Waals surface area contributed by atoms with E-state index in [4.69, 9.17) is 9.47 Å². The molecule has 1 aliphatic heterocycles. The molecule has 0 spiro atoms. The third-order valence-corrected chi connectivity index (χ3v) is 6.99. The quantitative estimate of drug-likeness (QED) is 0.128. The number of benzene rings is 4. The molecule has 7 nitrogen and oxygen atoms in total. The van der Waals surface area contributed by atoms with Crippen molar-refractivity contribution in [3.63, 3.8) is 0 Å². The molecule has 1 atom stereocenters. The average molecular weight is 523 g/mol. The molecule has 5 rings (SSSR count). The van der Waals surface area contributed by atoms with Crippen LogP contribution in [0.1, 0.15) is 59.2 Å². The lowest BCUT2D eigenvalue weighted by Crippen LogP contribution is -2.22. The maximum absolute atomic E-state index is 12.2. The summed E-state index contributed by atoms with van der Waals surface area (Å²) < 4.78 is 12.7. The molecule has 1 amide bonds. The fourth-order valence-electron chi connectivity index (χ4n) is 5.00. The smallest absolute Gasteiger partial charge is 0.269 e. The van der Waals surface area contributed by atoms with Gasteiger partial charge in [-0.1, -0.05) is 74.5 Å². The fraction of sp³-hybridized carbons (Fsp3) is 0.219. The van der Waals surface area contributed by atoms with E-state index in [0.29, 0.717) is 19.0 Å². The lowest BCUT2D eigenvalue weighted by molar-refractivity contribution is -0.384. The molecular weight excluding hydrogens is 492 g/mol. The van der Waals surface area contributed by atoms with Crippen molar-refractivity contribution >= 4 is 12.1 Å². The maximum atomic E-state index is 12.2. The number of hydrogen-bond acceptors (Lipinski definition) is 5. The first-order valence-corrected chi connectivity index (χ1v) is 12.9. The number of fused-ring (bicyclic) bond motifs is 1. The standard InChI is InChI=1S/C32H30N2O5/c1-22(2)28-16-29(32-27-14-13-26(34(36)37)15-25(27)18-33(32)21-35)31(39-20-24-11-7-4-8-12-24)17-30(28)38-19-23-9-5-3-6-10-23/h3-17,21-22,32H,18-20H2,1-2H3. The van der Waals surface area contributed by atoms with E-state index >= 15 is 0 Å². The molecule has 7 heteroatoms. The Bertz CT molecular complexity index is 1470. The van der Waals surface area contributed by atoms with Gasteiger partial charge in [-0.05, 0) is 45.9 Å². The molecule has 4 aromatic rings. The van der Waals surface area contributed by atoms with Crippen LogP contribution in [0.5, 0.6) is 11.5 Å². The molecule has 1 aliphatic rings. The number of nitro benzene ring substituents is 1. The normalized spacial score (nSPS) is 14.2. The topological polar surface area (TPSA) is 81.9 Å². The number of carbonyl (C=O) groups is 1. The van der Waals surface area contributed by atoms with Crippen LogP contribution in [0.2, 0.25) is 0 Å². The molecule has 1 unspecified atom stereocenters. The molecule has 0 bridgehead atoms. The summed E-state index contributed by atoms with van der Waals surface area (Å²) in [5.74, 6) is 1.47. The number of amides is 1. The summed E-state index contributed by atoms with van der Waals surface area (Å²) in [5, 5.41) is 11.4. The number of nitrogens with zero attached hydrogens (tertiary/aromatic N) is 2. The Morgan fingerprint density at radius 2 is 1.49 bits per heavy atom. The monoisotopic (exact) mass is 522 g/mol. The SMILES string of the molecule is CC(C)c1cc(C2c3ccc([N+](=O)[O-])cc3CN2C=O)c(OCc2ccccc2)cc1OCc1ccccc1. The predicted molar refractivity (Wildman–Crippen MR) is 149 cm³/mol. The van der Waals surface area contributed by atoms with Crippen LogP contribution in [-0.2, 0) is 24.6 Å². The number of hydrogen-bond donors (Lipinski definition) is 0. The summed E-state index contributed by atoms with van der Waals surface area (Å²) in [6.07, 6.45) is 0.798. The largest absolute Gasteiger partial charge is 0.488 e. The summed E-state index contributed by atoms with van der Waals surface area (Å²) in [4.78, 5) is 24.9. The van der Waals surface area contributed by atoms with Gasteiger partial charge in [0.2, 0.25) is 6.41 Å². The van der Waals surface area contributed by atoms with Gasteiger partial charge in [-0.2, -0.15) is 0 Å². The van der Waals surface area contributed by atoms with Gasteiger partial charge in [0, 0.05) is 30.3 Å². The van der Waals surface area contributed by atoms with E-state index < -0.39 is 11.0 Å². The Morgan fingerprint density at radius 1 is 0.872 bits per heavy atom. The van der Waals surface area contributed by atoms with Crippen LogP contribution in [0.3, 0.4) is 0 Å². The molecule has 39 heavy (non-hydrogen) atoms. The first kappa shape index (κ1) is 26.0. The average Bonchev–Trinajstić information content (AvgIpc) is 3.33. The Balaban J connectivity index is 1.59. The first-order valence-electron chi connectivity index (χ1n) is 12.9. The maximum Gasteiger partial charge on any atom is 0.269 e. The molecule has 198 valence electrons. The van der Waals surface area contributed by atoms with Crippen molar-refractivity contribution in [1.82, 2.24) is 4.90 Å². The summed E-state index contributed by atoms with van der Waals surface area (Å²) in [6, 6.07) is 28.2. The molecule has 0 aromatic heterocycles. The highest BCUT2D eigenvalue weighted by Gasteiger charge is 2.35. The van der Waals surface area contributed by atoms with Crippen molar-refractivity contribution in [2.24, 2.45) is 0 Å². The first-order chi connectivity index (χ1) is 18.9. The zero-order chi connectivity index (χ0) is 27.4. The number of carbonyl (C=O) groups excluding carboxylic acids is 1. The Morgan fingerprint density at radius 3 is 2.05 bits per heavy atom. The minimum absolute atomic E-state index is 0.00771. The second-order valence-electron chi connectivity index (χ2n) is 9.95. The van der Waals surface area contributed by atoms with Crippen molar-refractivity contribution in [2.75, 3.05) is 0 Å². The second kappa shape index (κ2) is 11.4. The van der Waals surface area contributed by atoms with Crippen molar-refractivity contribution < 1.29 is 19.2 Å². The molecule has 0 saturated heterocycles. The van der Waals surface area contributed by atoms with E-state index in [9.17, 15) is 14.9 Å². The zero-order valence-electron chi connectivity index (χ0n) is 21.9. The number of rotatable bonds is 10. The molecule has 0 saturated carbocycles. The third-order valence-electron chi connectivity index (χ3n) is 6.99. The number of nitro groups is 1. The minimum atomic E-state index is -0.440. The van der Waals surface area contributed by atoms with Gasteiger partial charge in [-0.25, -0.2) is 0 Å². The van der Waals surface area contributed by atoms with Crippen molar-refractivity contribution in [3.8, 4) is 11.5 Å². The number of non-ortho nitro benzene ring substituents is 1. The van der Waals surface area contributed by atoms with Gasteiger partial charge in [0.15, 0.2) is 0 Å².